The van der Waals surface area contributed by atoms with Gasteiger partial charge in [0.2, 0.25) is 5.96 Å². The number of morpholine rings is 1. The van der Waals surface area contributed by atoms with Crippen molar-refractivity contribution >= 4 is 23.3 Å². The van der Waals surface area contributed by atoms with Gasteiger partial charge < -0.3 is 31.0 Å². The predicted octanol–water partition coefficient (Wildman–Crippen LogP) is 0.779. The van der Waals surface area contributed by atoms with Crippen LogP contribution < -0.4 is 31.6 Å². The van der Waals surface area contributed by atoms with Crippen LogP contribution in [0.3, 0.4) is 0 Å². The number of nitrogens with two attached hydrogens (primary N) is 2. The summed E-state index contributed by atoms with van der Waals surface area (Å²) in [5.74, 6) is 1.46. The summed E-state index contributed by atoms with van der Waals surface area (Å²) in [4.78, 5) is 11.2. The molecule has 12 nitrogen and oxygen atoms in total. The molecule has 0 saturated carbocycles. The van der Waals surface area contributed by atoms with E-state index >= 15 is 0 Å². The minimum Gasteiger partial charge on any atom is -0.493 e. The van der Waals surface area contributed by atoms with Gasteiger partial charge in [0.1, 0.15) is 35.9 Å². The first-order valence-corrected chi connectivity index (χ1v) is 10.7. The van der Waals surface area contributed by atoms with E-state index < -0.39 is 6.04 Å². The Labute approximate surface area is 196 Å². The van der Waals surface area contributed by atoms with Crippen molar-refractivity contribution in [3.8, 4) is 23.8 Å². The summed E-state index contributed by atoms with van der Waals surface area (Å²) in [6, 6.07) is 6.70. The number of aromatic nitrogens is 1. The number of fused-ring (bicyclic) bond motifs is 1. The highest BCUT2D eigenvalue weighted by atomic mass is 16.5. The van der Waals surface area contributed by atoms with Gasteiger partial charge in [-0.15, -0.1) is 0 Å². The van der Waals surface area contributed by atoms with E-state index in [-0.39, 0.29) is 23.0 Å². The molecule has 0 aliphatic carbocycles. The minimum absolute atomic E-state index is 0.0177. The SMILES string of the molecule is COc1cccc(C2N=C(NC#N)Nc3nc(N)c(C#N)c(N)c32)c1OCCN1CCOCC1. The van der Waals surface area contributed by atoms with Gasteiger partial charge in [-0.2, -0.15) is 10.5 Å². The van der Waals surface area contributed by atoms with E-state index in [0.717, 1.165) is 13.1 Å². The van der Waals surface area contributed by atoms with Crippen molar-refractivity contribution in [2.45, 2.75) is 6.04 Å². The third-order valence-electron chi connectivity index (χ3n) is 5.64. The number of benzene rings is 1. The summed E-state index contributed by atoms with van der Waals surface area (Å²) in [6.45, 7) is 4.22. The maximum atomic E-state index is 9.55. The Morgan fingerprint density at radius 1 is 1.29 bits per heavy atom. The lowest BCUT2D eigenvalue weighted by molar-refractivity contribution is 0.0320. The second kappa shape index (κ2) is 10.1. The fourth-order valence-corrected chi connectivity index (χ4v) is 3.97. The molecule has 0 radical (unpaired) electrons. The summed E-state index contributed by atoms with van der Waals surface area (Å²) < 4.78 is 17.2. The smallest absolute Gasteiger partial charge is 0.211 e. The van der Waals surface area contributed by atoms with E-state index in [2.05, 4.69) is 25.5 Å². The fourth-order valence-electron chi connectivity index (χ4n) is 3.97. The molecule has 3 heterocycles. The molecule has 1 saturated heterocycles. The van der Waals surface area contributed by atoms with Gasteiger partial charge in [-0.3, -0.25) is 10.2 Å². The molecule has 1 fully saturated rings. The van der Waals surface area contributed by atoms with Crippen molar-refractivity contribution in [3.63, 3.8) is 0 Å². The number of methoxy groups -OCH3 is 1. The maximum Gasteiger partial charge on any atom is 0.211 e. The van der Waals surface area contributed by atoms with Crippen LogP contribution in [-0.4, -0.2) is 62.4 Å². The van der Waals surface area contributed by atoms with E-state index in [4.69, 9.17) is 30.9 Å². The molecule has 1 unspecified atom stereocenters. The first kappa shape index (κ1) is 22.9. The van der Waals surface area contributed by atoms with Crippen LogP contribution in [-0.2, 0) is 4.74 Å². The van der Waals surface area contributed by atoms with Crippen molar-refractivity contribution in [3.05, 3.63) is 34.9 Å². The molecular weight excluding hydrogens is 438 g/mol. The Kier molecular flexibility index (Phi) is 6.82. The molecule has 1 aromatic carbocycles. The number of nitrogen functional groups attached to an aromatic ring is 2. The largest absolute Gasteiger partial charge is 0.493 e. The number of nitrogens with zero attached hydrogens (tertiary/aromatic N) is 5. The van der Waals surface area contributed by atoms with Crippen molar-refractivity contribution in [2.75, 3.05) is 63.3 Å². The number of pyridine rings is 1. The van der Waals surface area contributed by atoms with E-state index in [1.54, 1.807) is 13.2 Å². The third kappa shape index (κ3) is 4.45. The number of para-hydroxylation sites is 1. The molecular formula is C22H25N9O3. The van der Waals surface area contributed by atoms with Crippen molar-refractivity contribution in [1.29, 1.82) is 10.5 Å². The molecule has 0 amide bonds. The molecule has 2 aliphatic heterocycles. The van der Waals surface area contributed by atoms with Crippen molar-refractivity contribution < 1.29 is 14.2 Å². The van der Waals surface area contributed by atoms with Crippen molar-refractivity contribution in [2.24, 2.45) is 4.99 Å². The van der Waals surface area contributed by atoms with E-state index in [1.165, 1.54) is 0 Å². The summed E-state index contributed by atoms with van der Waals surface area (Å²) in [6.07, 6.45) is 1.84. The molecule has 6 N–H and O–H groups in total. The molecule has 2 aliphatic rings. The van der Waals surface area contributed by atoms with Gasteiger partial charge in [-0.05, 0) is 6.07 Å². The molecule has 0 bridgehead atoms. The molecule has 12 heteroatoms. The normalized spacial score (nSPS) is 17.4. The van der Waals surface area contributed by atoms with Crippen LogP contribution in [0.15, 0.2) is 23.2 Å². The van der Waals surface area contributed by atoms with Crippen LogP contribution in [0.1, 0.15) is 22.7 Å². The zero-order chi connectivity index (χ0) is 24.1. The number of hydrogen-bond donors (Lipinski definition) is 4. The summed E-state index contributed by atoms with van der Waals surface area (Å²) in [7, 11) is 1.56. The molecule has 176 valence electrons. The average molecular weight is 464 g/mol. The number of rotatable bonds is 6. The number of nitrogens with one attached hydrogen (secondary N) is 2. The monoisotopic (exact) mass is 463 g/mol. The van der Waals surface area contributed by atoms with Gasteiger partial charge in [0, 0.05) is 30.8 Å². The number of anilines is 3. The average Bonchev–Trinajstić information content (AvgIpc) is 2.84. The van der Waals surface area contributed by atoms with Crippen LogP contribution in [0, 0.1) is 22.8 Å². The number of hydrogen-bond acceptors (Lipinski definition) is 12. The lowest BCUT2D eigenvalue weighted by Gasteiger charge is -2.29. The summed E-state index contributed by atoms with van der Waals surface area (Å²) in [5, 5.41) is 24.1. The van der Waals surface area contributed by atoms with Crippen molar-refractivity contribution in [1.82, 2.24) is 15.2 Å². The summed E-state index contributed by atoms with van der Waals surface area (Å²) >= 11 is 0. The van der Waals surface area contributed by atoms with Crippen LogP contribution in [0.4, 0.5) is 17.3 Å². The Balaban J connectivity index is 1.75. The van der Waals surface area contributed by atoms with Gasteiger partial charge >= 0.3 is 0 Å². The molecule has 34 heavy (non-hydrogen) atoms. The number of ether oxygens (including phenoxy) is 3. The van der Waals surface area contributed by atoms with Gasteiger partial charge in [0.15, 0.2) is 17.7 Å². The highest BCUT2D eigenvalue weighted by Gasteiger charge is 2.32. The second-order valence-electron chi connectivity index (χ2n) is 7.58. The van der Waals surface area contributed by atoms with Crippen LogP contribution in [0.2, 0.25) is 0 Å². The molecule has 0 spiro atoms. The maximum absolute atomic E-state index is 9.55. The second-order valence-corrected chi connectivity index (χ2v) is 7.58. The fraction of sp³-hybridized carbons (Fsp3) is 0.364. The van der Waals surface area contributed by atoms with Crippen LogP contribution >= 0.6 is 0 Å². The molecule has 1 atom stereocenters. The highest BCUT2D eigenvalue weighted by molar-refractivity contribution is 5.98. The number of aliphatic imine (C=N–C) groups is 1. The Morgan fingerprint density at radius 3 is 2.79 bits per heavy atom. The molecule has 4 rings (SSSR count). The first-order chi connectivity index (χ1) is 16.6. The zero-order valence-corrected chi connectivity index (χ0v) is 18.7. The first-order valence-electron chi connectivity index (χ1n) is 10.7. The van der Waals surface area contributed by atoms with Gasteiger partial charge in [-0.25, -0.2) is 9.98 Å². The van der Waals surface area contributed by atoms with E-state index in [9.17, 15) is 5.26 Å². The predicted molar refractivity (Wildman–Crippen MR) is 125 cm³/mol. The number of nitriles is 2. The molecule has 2 aromatic rings. The van der Waals surface area contributed by atoms with Gasteiger partial charge in [0.25, 0.3) is 0 Å². The lowest BCUT2D eigenvalue weighted by Crippen LogP contribution is -2.38. The third-order valence-corrected chi connectivity index (χ3v) is 5.64. The lowest BCUT2D eigenvalue weighted by atomic mass is 9.94. The van der Waals surface area contributed by atoms with Crippen LogP contribution in [0.25, 0.3) is 0 Å². The quantitative estimate of drug-likeness (QED) is 0.351. The van der Waals surface area contributed by atoms with E-state index in [0.29, 0.717) is 54.8 Å². The van der Waals surface area contributed by atoms with E-state index in [1.807, 2.05) is 24.4 Å². The van der Waals surface area contributed by atoms with Crippen LogP contribution in [0.5, 0.6) is 11.5 Å². The Morgan fingerprint density at radius 2 is 2.09 bits per heavy atom. The van der Waals surface area contributed by atoms with Gasteiger partial charge in [-0.1, -0.05) is 12.1 Å². The van der Waals surface area contributed by atoms with Gasteiger partial charge in [0.05, 0.1) is 26.0 Å². The minimum atomic E-state index is -0.735. The standard InChI is InChI=1S/C22H25N9O3/c1-32-15-4-2-3-13(19(15)34-10-7-31-5-8-33-9-6-31)18-16-17(25)14(11-23)20(26)29-21(16)30-22(28-18)27-12-24/h2-4,18H,5-10H2,1H3,(H6,25,26,27,28,29,30). The topological polar surface area (TPSA) is 180 Å². The number of guanidine groups is 1. The highest BCUT2D eigenvalue weighted by Crippen LogP contribution is 2.45. The zero-order valence-electron chi connectivity index (χ0n) is 18.7. The Bertz CT molecular complexity index is 1180. The Hall–Kier alpha value is -4.26. The summed E-state index contributed by atoms with van der Waals surface area (Å²) in [5.41, 5.74) is 13.6. The molecule has 1 aromatic heterocycles.